The van der Waals surface area contributed by atoms with Gasteiger partial charge in [0, 0.05) is 7.11 Å². The molecule has 0 radical (unpaired) electrons. The molecule has 1 unspecified atom stereocenters. The van der Waals surface area contributed by atoms with Crippen molar-refractivity contribution in [2.75, 3.05) is 7.11 Å². The molecule has 6 heteroatoms. The van der Waals surface area contributed by atoms with Crippen LogP contribution in [0.4, 0.5) is 0 Å². The Labute approximate surface area is 78.5 Å². The molecule has 1 atom stereocenters. The van der Waals surface area contributed by atoms with Crippen LogP contribution in [0.5, 0.6) is 0 Å². The van der Waals surface area contributed by atoms with E-state index >= 15 is 0 Å². The number of nitrogens with zero attached hydrogens (tertiary/aromatic N) is 3. The molecule has 1 aliphatic carbocycles. The molecule has 0 saturated carbocycles. The Kier molecular flexibility index (Phi) is 2.07. The fourth-order valence-electron chi connectivity index (χ4n) is 1.18. The highest BCUT2D eigenvalue weighted by Crippen LogP contribution is 2.22. The zero-order valence-electron chi connectivity index (χ0n) is 6.84. The summed E-state index contributed by atoms with van der Waals surface area (Å²) >= 11 is 1.19. The molecule has 68 valence electrons. The Balaban J connectivity index is 2.49. The summed E-state index contributed by atoms with van der Waals surface area (Å²) in [5, 5.41) is 15.8. The first-order chi connectivity index (χ1) is 6.36. The van der Waals surface area contributed by atoms with Crippen LogP contribution in [0.25, 0.3) is 6.08 Å². The maximum atomic E-state index is 8.78. The van der Waals surface area contributed by atoms with Crippen molar-refractivity contribution in [3.8, 4) is 0 Å². The van der Waals surface area contributed by atoms with E-state index in [2.05, 4.69) is 14.7 Å². The average Bonchev–Trinajstić information content (AvgIpc) is 2.63. The lowest BCUT2D eigenvalue weighted by atomic mass is 10.1. The Hall–Kier alpha value is -1.27. The van der Waals surface area contributed by atoms with Crippen LogP contribution >= 0.6 is 11.5 Å². The Morgan fingerprint density at radius 1 is 1.69 bits per heavy atom. The first-order valence-corrected chi connectivity index (χ1v) is 4.40. The minimum Gasteiger partial charge on any atom is -0.411 e. The molecule has 0 spiro atoms. The van der Waals surface area contributed by atoms with Crippen molar-refractivity contribution >= 4 is 23.3 Å². The minimum absolute atomic E-state index is 0.306. The molecular formula is C7H7N3O2S. The highest BCUT2D eigenvalue weighted by Gasteiger charge is 2.24. The van der Waals surface area contributed by atoms with E-state index in [1.54, 1.807) is 13.2 Å². The SMILES string of the molecule is COC1C=Cc2nnsc2C1=NO. The predicted molar refractivity (Wildman–Crippen MR) is 48.1 cm³/mol. The number of fused-ring (bicyclic) bond motifs is 1. The van der Waals surface area contributed by atoms with E-state index in [0.29, 0.717) is 5.71 Å². The molecule has 1 N–H and O–H groups in total. The van der Waals surface area contributed by atoms with E-state index in [1.807, 2.05) is 6.08 Å². The summed E-state index contributed by atoms with van der Waals surface area (Å²) in [7, 11) is 1.56. The Morgan fingerprint density at radius 2 is 2.54 bits per heavy atom. The second kappa shape index (κ2) is 3.23. The van der Waals surface area contributed by atoms with Gasteiger partial charge in [0.05, 0.1) is 0 Å². The van der Waals surface area contributed by atoms with Gasteiger partial charge in [0.25, 0.3) is 0 Å². The molecule has 0 aromatic carbocycles. The maximum Gasteiger partial charge on any atom is 0.133 e. The summed E-state index contributed by atoms with van der Waals surface area (Å²) in [4.78, 5) is 0.761. The summed E-state index contributed by atoms with van der Waals surface area (Å²) < 4.78 is 8.86. The molecule has 0 saturated heterocycles. The number of hydrogen-bond acceptors (Lipinski definition) is 6. The van der Waals surface area contributed by atoms with E-state index < -0.39 is 0 Å². The zero-order chi connectivity index (χ0) is 9.26. The van der Waals surface area contributed by atoms with Crippen molar-refractivity contribution in [2.24, 2.45) is 5.16 Å². The monoisotopic (exact) mass is 197 g/mol. The van der Waals surface area contributed by atoms with E-state index in [9.17, 15) is 0 Å². The first kappa shape index (κ1) is 8.33. The van der Waals surface area contributed by atoms with Gasteiger partial charge >= 0.3 is 0 Å². The van der Waals surface area contributed by atoms with Crippen LogP contribution in [0.15, 0.2) is 11.2 Å². The summed E-state index contributed by atoms with van der Waals surface area (Å²) in [6, 6.07) is 0. The summed E-state index contributed by atoms with van der Waals surface area (Å²) in [6.07, 6.45) is 3.28. The van der Waals surface area contributed by atoms with Crippen LogP contribution in [0.3, 0.4) is 0 Å². The van der Waals surface area contributed by atoms with E-state index in [-0.39, 0.29) is 6.10 Å². The quantitative estimate of drug-likeness (QED) is 0.533. The van der Waals surface area contributed by atoms with Gasteiger partial charge in [0.15, 0.2) is 0 Å². The average molecular weight is 197 g/mol. The number of methoxy groups -OCH3 is 1. The molecule has 1 aliphatic rings. The highest BCUT2D eigenvalue weighted by molar-refractivity contribution is 7.08. The lowest BCUT2D eigenvalue weighted by Crippen LogP contribution is -2.24. The molecule has 0 fully saturated rings. The molecule has 0 aliphatic heterocycles. The van der Waals surface area contributed by atoms with Gasteiger partial charge < -0.3 is 9.94 Å². The van der Waals surface area contributed by atoms with Crippen LogP contribution in [0.1, 0.15) is 10.6 Å². The lowest BCUT2D eigenvalue weighted by Gasteiger charge is -2.14. The zero-order valence-corrected chi connectivity index (χ0v) is 7.65. The van der Waals surface area contributed by atoms with Gasteiger partial charge in [-0.1, -0.05) is 9.64 Å². The van der Waals surface area contributed by atoms with Gasteiger partial charge in [-0.2, -0.15) is 0 Å². The van der Waals surface area contributed by atoms with Crippen molar-refractivity contribution in [1.82, 2.24) is 9.59 Å². The van der Waals surface area contributed by atoms with E-state index in [1.165, 1.54) is 11.5 Å². The van der Waals surface area contributed by atoms with Gasteiger partial charge in [-0.3, -0.25) is 0 Å². The van der Waals surface area contributed by atoms with Crippen molar-refractivity contribution in [2.45, 2.75) is 6.10 Å². The van der Waals surface area contributed by atoms with Gasteiger partial charge in [-0.15, -0.1) is 5.10 Å². The molecular weight excluding hydrogens is 190 g/mol. The Bertz CT molecular complexity index is 372. The molecule has 1 heterocycles. The molecule has 1 aromatic rings. The number of hydrogen-bond donors (Lipinski definition) is 1. The summed E-state index contributed by atoms with van der Waals surface area (Å²) in [5.41, 5.74) is 1.20. The van der Waals surface area contributed by atoms with Gasteiger partial charge in [-0.05, 0) is 23.7 Å². The third-order valence-electron chi connectivity index (χ3n) is 1.81. The number of oxime groups is 1. The minimum atomic E-state index is -0.306. The normalized spacial score (nSPS) is 23.5. The molecule has 13 heavy (non-hydrogen) atoms. The fourth-order valence-corrected chi connectivity index (χ4v) is 1.84. The lowest BCUT2D eigenvalue weighted by molar-refractivity contribution is 0.186. The predicted octanol–water partition coefficient (Wildman–Crippen LogP) is 0.758. The molecule has 1 aromatic heterocycles. The van der Waals surface area contributed by atoms with Gasteiger partial charge in [-0.25, -0.2) is 0 Å². The smallest absolute Gasteiger partial charge is 0.133 e. The van der Waals surface area contributed by atoms with Crippen molar-refractivity contribution in [1.29, 1.82) is 0 Å². The number of rotatable bonds is 1. The number of ether oxygens (including phenoxy) is 1. The molecule has 0 amide bonds. The molecule has 5 nitrogen and oxygen atoms in total. The summed E-state index contributed by atoms with van der Waals surface area (Å²) in [6.45, 7) is 0. The maximum absolute atomic E-state index is 8.78. The van der Waals surface area contributed by atoms with E-state index in [4.69, 9.17) is 9.94 Å². The second-order valence-electron chi connectivity index (χ2n) is 2.49. The molecule has 2 rings (SSSR count). The largest absolute Gasteiger partial charge is 0.411 e. The fraction of sp³-hybridized carbons (Fsp3) is 0.286. The Morgan fingerprint density at radius 3 is 3.23 bits per heavy atom. The van der Waals surface area contributed by atoms with Crippen LogP contribution in [-0.2, 0) is 4.74 Å². The number of aromatic nitrogens is 2. The van der Waals surface area contributed by atoms with Gasteiger partial charge in [0.2, 0.25) is 0 Å². The van der Waals surface area contributed by atoms with Crippen LogP contribution in [-0.4, -0.2) is 33.7 Å². The van der Waals surface area contributed by atoms with Crippen LogP contribution in [0.2, 0.25) is 0 Å². The highest BCUT2D eigenvalue weighted by atomic mass is 32.1. The van der Waals surface area contributed by atoms with Crippen molar-refractivity contribution in [3.05, 3.63) is 16.6 Å². The van der Waals surface area contributed by atoms with Crippen LogP contribution in [0, 0.1) is 0 Å². The third kappa shape index (κ3) is 1.24. The third-order valence-corrected chi connectivity index (χ3v) is 2.57. The van der Waals surface area contributed by atoms with Crippen molar-refractivity contribution < 1.29 is 9.94 Å². The second-order valence-corrected chi connectivity index (χ2v) is 3.24. The summed E-state index contributed by atoms with van der Waals surface area (Å²) in [5.74, 6) is 0. The molecule has 0 bridgehead atoms. The van der Waals surface area contributed by atoms with Crippen LogP contribution < -0.4 is 0 Å². The topological polar surface area (TPSA) is 67.6 Å². The van der Waals surface area contributed by atoms with E-state index in [0.717, 1.165) is 10.6 Å². The standard InChI is InChI=1S/C7H7N3O2S/c1-12-5-3-2-4-7(6(5)9-11)13-10-8-4/h2-3,5,11H,1H3. The van der Waals surface area contributed by atoms with Crippen molar-refractivity contribution in [3.63, 3.8) is 0 Å². The van der Waals surface area contributed by atoms with Gasteiger partial charge in [0.1, 0.15) is 22.4 Å². The first-order valence-electron chi connectivity index (χ1n) is 3.62.